The van der Waals surface area contributed by atoms with Crippen LogP contribution in [0.25, 0.3) is 0 Å². The SMILES string of the molecule is Cn1cc(CN2CCC3(CC2)CN(c2ncccn2)CCO3)cn1. The third kappa shape index (κ3) is 3.27. The number of aromatic nitrogens is 4. The Balaban J connectivity index is 1.37. The van der Waals surface area contributed by atoms with Gasteiger partial charge in [-0.05, 0) is 18.9 Å². The molecular formula is C17H24N6O. The Hall–Kier alpha value is -1.99. The van der Waals surface area contributed by atoms with E-state index in [-0.39, 0.29) is 5.60 Å². The van der Waals surface area contributed by atoms with E-state index in [0.29, 0.717) is 0 Å². The van der Waals surface area contributed by atoms with Crippen molar-refractivity contribution in [2.24, 2.45) is 7.05 Å². The summed E-state index contributed by atoms with van der Waals surface area (Å²) in [7, 11) is 1.96. The van der Waals surface area contributed by atoms with E-state index in [9.17, 15) is 0 Å². The minimum Gasteiger partial charge on any atom is -0.371 e. The molecule has 4 rings (SSSR count). The van der Waals surface area contributed by atoms with Gasteiger partial charge in [0.15, 0.2) is 0 Å². The maximum absolute atomic E-state index is 6.22. The molecule has 2 aromatic heterocycles. The van der Waals surface area contributed by atoms with Gasteiger partial charge in [0.2, 0.25) is 5.95 Å². The standard InChI is InChI=1S/C17H24N6O/c1-21-12-15(11-20-21)13-22-7-3-17(4-8-22)14-23(9-10-24-17)16-18-5-2-6-19-16/h2,5-6,11-12H,3-4,7-10,13-14H2,1H3. The fourth-order valence-corrected chi connectivity index (χ4v) is 3.70. The topological polar surface area (TPSA) is 59.3 Å². The van der Waals surface area contributed by atoms with Crippen molar-refractivity contribution in [1.82, 2.24) is 24.6 Å². The van der Waals surface area contributed by atoms with Crippen molar-refractivity contribution < 1.29 is 4.74 Å². The summed E-state index contributed by atoms with van der Waals surface area (Å²) in [5.74, 6) is 0.818. The first-order chi connectivity index (χ1) is 11.7. The minimum atomic E-state index is -0.0527. The van der Waals surface area contributed by atoms with E-state index >= 15 is 0 Å². The van der Waals surface area contributed by atoms with Crippen LogP contribution in [0.5, 0.6) is 0 Å². The maximum Gasteiger partial charge on any atom is 0.225 e. The third-order valence-corrected chi connectivity index (χ3v) is 5.02. The number of aryl methyl sites for hydroxylation is 1. The van der Waals surface area contributed by atoms with E-state index < -0.39 is 0 Å². The first kappa shape index (κ1) is 15.5. The van der Waals surface area contributed by atoms with Crippen LogP contribution in [0.4, 0.5) is 5.95 Å². The monoisotopic (exact) mass is 328 g/mol. The predicted octanol–water partition coefficient (Wildman–Crippen LogP) is 1.08. The van der Waals surface area contributed by atoms with Crippen molar-refractivity contribution in [3.05, 3.63) is 36.4 Å². The van der Waals surface area contributed by atoms with Gasteiger partial charge in [-0.15, -0.1) is 0 Å². The van der Waals surface area contributed by atoms with Gasteiger partial charge in [-0.25, -0.2) is 9.97 Å². The van der Waals surface area contributed by atoms with Crippen molar-refractivity contribution in [2.75, 3.05) is 37.7 Å². The Morgan fingerprint density at radius 3 is 2.67 bits per heavy atom. The first-order valence-electron chi connectivity index (χ1n) is 8.58. The smallest absolute Gasteiger partial charge is 0.225 e. The maximum atomic E-state index is 6.22. The van der Waals surface area contributed by atoms with Gasteiger partial charge in [0, 0.05) is 57.4 Å². The van der Waals surface area contributed by atoms with Crippen LogP contribution in [0.3, 0.4) is 0 Å². The van der Waals surface area contributed by atoms with Gasteiger partial charge in [-0.1, -0.05) is 0 Å². The minimum absolute atomic E-state index is 0.0527. The van der Waals surface area contributed by atoms with Crippen molar-refractivity contribution in [1.29, 1.82) is 0 Å². The molecule has 0 aliphatic carbocycles. The molecule has 2 saturated heterocycles. The Morgan fingerprint density at radius 2 is 1.96 bits per heavy atom. The van der Waals surface area contributed by atoms with Crippen molar-refractivity contribution in [2.45, 2.75) is 25.0 Å². The lowest BCUT2D eigenvalue weighted by atomic mass is 9.89. The third-order valence-electron chi connectivity index (χ3n) is 5.02. The van der Waals surface area contributed by atoms with Gasteiger partial charge in [-0.3, -0.25) is 9.58 Å². The van der Waals surface area contributed by atoms with Crippen LogP contribution in [-0.4, -0.2) is 63.0 Å². The summed E-state index contributed by atoms with van der Waals surface area (Å²) in [5.41, 5.74) is 1.22. The molecule has 0 bridgehead atoms. The van der Waals surface area contributed by atoms with Crippen molar-refractivity contribution >= 4 is 5.95 Å². The number of morpholine rings is 1. The van der Waals surface area contributed by atoms with E-state index in [0.717, 1.165) is 58.1 Å². The molecule has 128 valence electrons. The number of nitrogens with zero attached hydrogens (tertiary/aromatic N) is 6. The van der Waals surface area contributed by atoms with Crippen LogP contribution in [0.15, 0.2) is 30.9 Å². The van der Waals surface area contributed by atoms with Gasteiger partial charge in [0.1, 0.15) is 0 Å². The molecule has 24 heavy (non-hydrogen) atoms. The number of likely N-dealkylation sites (tertiary alicyclic amines) is 1. The summed E-state index contributed by atoms with van der Waals surface area (Å²) in [4.78, 5) is 13.5. The number of hydrogen-bond acceptors (Lipinski definition) is 6. The highest BCUT2D eigenvalue weighted by Gasteiger charge is 2.40. The number of piperidine rings is 1. The molecular weight excluding hydrogens is 304 g/mol. The molecule has 0 radical (unpaired) electrons. The lowest BCUT2D eigenvalue weighted by Crippen LogP contribution is -2.57. The Kier molecular flexibility index (Phi) is 4.20. The average molecular weight is 328 g/mol. The molecule has 7 nitrogen and oxygen atoms in total. The van der Waals surface area contributed by atoms with E-state index in [1.807, 2.05) is 24.0 Å². The average Bonchev–Trinajstić information content (AvgIpc) is 3.03. The molecule has 2 fully saturated rings. The Bertz CT molecular complexity index is 665. The highest BCUT2D eigenvalue weighted by molar-refractivity contribution is 5.30. The molecule has 4 heterocycles. The Labute approximate surface area is 142 Å². The zero-order valence-electron chi connectivity index (χ0n) is 14.1. The molecule has 2 aromatic rings. The summed E-state index contributed by atoms with van der Waals surface area (Å²) in [6, 6.07) is 1.86. The lowest BCUT2D eigenvalue weighted by Gasteiger charge is -2.47. The van der Waals surface area contributed by atoms with E-state index in [2.05, 4.69) is 31.1 Å². The molecule has 7 heteroatoms. The second-order valence-electron chi connectivity index (χ2n) is 6.80. The molecule has 2 aliphatic rings. The second-order valence-corrected chi connectivity index (χ2v) is 6.80. The first-order valence-corrected chi connectivity index (χ1v) is 8.58. The van der Waals surface area contributed by atoms with Crippen LogP contribution >= 0.6 is 0 Å². The summed E-state index contributed by atoms with van der Waals surface area (Å²) in [6.07, 6.45) is 9.76. The molecule has 0 aromatic carbocycles. The van der Waals surface area contributed by atoms with Gasteiger partial charge in [-0.2, -0.15) is 5.10 Å². The van der Waals surface area contributed by atoms with Crippen molar-refractivity contribution in [3.63, 3.8) is 0 Å². The highest BCUT2D eigenvalue weighted by Crippen LogP contribution is 2.31. The molecule has 0 unspecified atom stereocenters. The molecule has 2 aliphatic heterocycles. The predicted molar refractivity (Wildman–Crippen MR) is 90.6 cm³/mol. The fraction of sp³-hybridized carbons (Fsp3) is 0.588. The zero-order valence-corrected chi connectivity index (χ0v) is 14.1. The van der Waals surface area contributed by atoms with Crippen LogP contribution in [-0.2, 0) is 18.3 Å². The number of ether oxygens (including phenoxy) is 1. The molecule has 0 amide bonds. The van der Waals surface area contributed by atoms with Gasteiger partial charge < -0.3 is 9.64 Å². The molecule has 0 saturated carbocycles. The van der Waals surface area contributed by atoms with Crippen LogP contribution in [0, 0.1) is 0 Å². The fourth-order valence-electron chi connectivity index (χ4n) is 3.70. The van der Waals surface area contributed by atoms with Gasteiger partial charge in [0.25, 0.3) is 0 Å². The molecule has 0 N–H and O–H groups in total. The number of rotatable bonds is 3. The normalized spacial score (nSPS) is 21.3. The van der Waals surface area contributed by atoms with Gasteiger partial charge >= 0.3 is 0 Å². The van der Waals surface area contributed by atoms with Crippen LogP contribution in [0.1, 0.15) is 18.4 Å². The quantitative estimate of drug-likeness (QED) is 0.840. The largest absolute Gasteiger partial charge is 0.371 e. The molecule has 0 atom stereocenters. The lowest BCUT2D eigenvalue weighted by molar-refractivity contribution is -0.0924. The number of anilines is 1. The van der Waals surface area contributed by atoms with E-state index in [4.69, 9.17) is 4.74 Å². The van der Waals surface area contributed by atoms with E-state index in [1.165, 1.54) is 5.56 Å². The number of hydrogen-bond donors (Lipinski definition) is 0. The van der Waals surface area contributed by atoms with Crippen molar-refractivity contribution in [3.8, 4) is 0 Å². The van der Waals surface area contributed by atoms with Crippen LogP contribution < -0.4 is 4.90 Å². The zero-order chi connectivity index (χ0) is 16.4. The Morgan fingerprint density at radius 1 is 1.17 bits per heavy atom. The summed E-state index contributed by atoms with van der Waals surface area (Å²) >= 11 is 0. The second kappa shape index (κ2) is 6.49. The summed E-state index contributed by atoms with van der Waals surface area (Å²) in [5, 5.41) is 4.25. The summed E-state index contributed by atoms with van der Waals surface area (Å²) < 4.78 is 8.08. The highest BCUT2D eigenvalue weighted by atomic mass is 16.5. The van der Waals surface area contributed by atoms with E-state index in [1.54, 1.807) is 12.4 Å². The summed E-state index contributed by atoms with van der Waals surface area (Å²) in [6.45, 7) is 5.58. The van der Waals surface area contributed by atoms with Crippen LogP contribution in [0.2, 0.25) is 0 Å². The van der Waals surface area contributed by atoms with Gasteiger partial charge in [0.05, 0.1) is 24.9 Å². The molecule has 1 spiro atoms.